The number of carbonyl (C=O) groups excluding carboxylic acids is 1. The third-order valence-corrected chi connectivity index (χ3v) is 3.91. The molecule has 0 aromatic heterocycles. The molecule has 0 spiro atoms. The second-order valence-electron chi connectivity index (χ2n) is 5.76. The fourth-order valence-electron chi connectivity index (χ4n) is 2.07. The van der Waals surface area contributed by atoms with E-state index in [0.717, 1.165) is 6.42 Å². The van der Waals surface area contributed by atoms with Gasteiger partial charge in [0.2, 0.25) is 0 Å². The molecule has 0 saturated carbocycles. The maximum absolute atomic E-state index is 12.1. The minimum Gasteiger partial charge on any atom is -0.480 e. The molecule has 1 heterocycles. The Kier molecular flexibility index (Phi) is 4.79. The van der Waals surface area contributed by atoms with E-state index in [-0.39, 0.29) is 6.03 Å². The Balaban J connectivity index is 2.65. The first-order valence-electron chi connectivity index (χ1n) is 6.73. The number of nitrogens with zero attached hydrogens (tertiary/aromatic N) is 1. The maximum Gasteiger partial charge on any atom is 0.329 e. The van der Waals surface area contributed by atoms with Crippen LogP contribution < -0.4 is 5.32 Å². The summed E-state index contributed by atoms with van der Waals surface area (Å²) in [6.07, 6.45) is 2.20. The first-order valence-corrected chi connectivity index (χ1v) is 6.73. The summed E-state index contributed by atoms with van der Waals surface area (Å²) in [5.41, 5.74) is -1.98. The maximum atomic E-state index is 12.1. The fraction of sp³-hybridized carbons (Fsp3) is 0.846. The Morgan fingerprint density at radius 1 is 1.37 bits per heavy atom. The number of amides is 2. The van der Waals surface area contributed by atoms with Crippen LogP contribution in [0.25, 0.3) is 0 Å². The van der Waals surface area contributed by atoms with Gasteiger partial charge in [0.05, 0.1) is 5.60 Å². The molecular weight excluding hydrogens is 248 g/mol. The summed E-state index contributed by atoms with van der Waals surface area (Å²) in [7, 11) is 0. The highest BCUT2D eigenvalue weighted by Gasteiger charge is 2.35. The lowest BCUT2D eigenvalue weighted by molar-refractivity contribution is -0.143. The van der Waals surface area contributed by atoms with E-state index >= 15 is 0 Å². The molecule has 0 bridgehead atoms. The zero-order valence-corrected chi connectivity index (χ0v) is 11.9. The van der Waals surface area contributed by atoms with Gasteiger partial charge in [0.25, 0.3) is 0 Å². The highest BCUT2D eigenvalue weighted by molar-refractivity contribution is 5.85. The summed E-state index contributed by atoms with van der Waals surface area (Å²) in [4.78, 5) is 24.9. The minimum atomic E-state index is -1.24. The Hall–Kier alpha value is -1.30. The molecular formula is C13H24N2O4. The lowest BCUT2D eigenvalue weighted by Gasteiger charge is -2.29. The van der Waals surface area contributed by atoms with Crippen molar-refractivity contribution in [2.24, 2.45) is 0 Å². The van der Waals surface area contributed by atoms with Gasteiger partial charge in [-0.05, 0) is 39.5 Å². The number of aliphatic carboxylic acids is 1. The number of hydrogen-bond acceptors (Lipinski definition) is 3. The van der Waals surface area contributed by atoms with E-state index < -0.39 is 17.1 Å². The lowest BCUT2D eigenvalue weighted by Crippen LogP contribution is -2.56. The summed E-state index contributed by atoms with van der Waals surface area (Å²) < 4.78 is 0. The lowest BCUT2D eigenvalue weighted by atomic mass is 9.98. The molecule has 0 aliphatic carbocycles. The number of rotatable bonds is 3. The Morgan fingerprint density at radius 3 is 2.53 bits per heavy atom. The van der Waals surface area contributed by atoms with Crippen LogP contribution in [0.3, 0.4) is 0 Å². The zero-order valence-electron chi connectivity index (χ0n) is 11.9. The minimum absolute atomic E-state index is 0.319. The van der Waals surface area contributed by atoms with Crippen LogP contribution in [-0.4, -0.2) is 51.3 Å². The van der Waals surface area contributed by atoms with Gasteiger partial charge in [0.1, 0.15) is 5.54 Å². The Bertz CT molecular complexity index is 357. The van der Waals surface area contributed by atoms with Gasteiger partial charge >= 0.3 is 12.0 Å². The van der Waals surface area contributed by atoms with Gasteiger partial charge in [-0.15, -0.1) is 0 Å². The van der Waals surface area contributed by atoms with E-state index in [0.29, 0.717) is 32.4 Å². The zero-order chi connectivity index (χ0) is 14.7. The van der Waals surface area contributed by atoms with Gasteiger partial charge in [-0.3, -0.25) is 0 Å². The number of aliphatic hydroxyl groups is 1. The molecule has 2 amide bonds. The number of carboxylic acid groups (broad SMARTS) is 1. The van der Waals surface area contributed by atoms with Crippen LogP contribution in [0.2, 0.25) is 0 Å². The monoisotopic (exact) mass is 272 g/mol. The van der Waals surface area contributed by atoms with Gasteiger partial charge < -0.3 is 20.4 Å². The summed E-state index contributed by atoms with van der Waals surface area (Å²) in [5.74, 6) is -1.04. The molecule has 0 aromatic carbocycles. The van der Waals surface area contributed by atoms with Crippen molar-refractivity contribution in [2.45, 2.75) is 57.6 Å². The standard InChI is InChI=1S/C13H24N2O4/c1-4-13(3,10(16)17)14-11(18)15-8-5-6-12(2,19)7-9-15/h19H,4-9H2,1-3H3,(H,14,18)(H,16,17). The molecule has 1 fully saturated rings. The van der Waals surface area contributed by atoms with Crippen molar-refractivity contribution < 1.29 is 19.8 Å². The molecule has 1 aliphatic rings. The van der Waals surface area contributed by atoms with Crippen LogP contribution in [0.15, 0.2) is 0 Å². The van der Waals surface area contributed by atoms with E-state index in [1.807, 2.05) is 0 Å². The number of hydrogen-bond donors (Lipinski definition) is 3. The molecule has 0 radical (unpaired) electrons. The van der Waals surface area contributed by atoms with Crippen LogP contribution in [0.4, 0.5) is 4.79 Å². The molecule has 1 aliphatic heterocycles. The van der Waals surface area contributed by atoms with Crippen LogP contribution in [0.5, 0.6) is 0 Å². The van der Waals surface area contributed by atoms with Crippen LogP contribution in [-0.2, 0) is 4.79 Å². The van der Waals surface area contributed by atoms with Crippen molar-refractivity contribution in [1.29, 1.82) is 0 Å². The highest BCUT2D eigenvalue weighted by Crippen LogP contribution is 2.21. The topological polar surface area (TPSA) is 89.9 Å². The van der Waals surface area contributed by atoms with Crippen LogP contribution in [0.1, 0.15) is 46.5 Å². The summed E-state index contributed by atoms with van der Waals surface area (Å²) in [5, 5.41) is 21.7. The molecule has 0 aromatic rings. The summed E-state index contributed by atoms with van der Waals surface area (Å²) in [6, 6.07) is -0.371. The second kappa shape index (κ2) is 5.77. The first-order chi connectivity index (χ1) is 8.70. The van der Waals surface area contributed by atoms with E-state index in [1.54, 1.807) is 18.7 Å². The van der Waals surface area contributed by atoms with Crippen LogP contribution >= 0.6 is 0 Å². The third kappa shape index (κ3) is 4.09. The van der Waals surface area contributed by atoms with Gasteiger partial charge in [-0.25, -0.2) is 9.59 Å². The van der Waals surface area contributed by atoms with Crippen molar-refractivity contribution >= 4 is 12.0 Å². The quantitative estimate of drug-likeness (QED) is 0.719. The van der Waals surface area contributed by atoms with E-state index in [4.69, 9.17) is 5.11 Å². The summed E-state index contributed by atoms with van der Waals surface area (Å²) >= 11 is 0. The van der Waals surface area contributed by atoms with E-state index in [2.05, 4.69) is 5.32 Å². The Labute approximate surface area is 113 Å². The average Bonchev–Trinajstić information content (AvgIpc) is 2.49. The van der Waals surface area contributed by atoms with Crippen molar-refractivity contribution in [1.82, 2.24) is 10.2 Å². The largest absolute Gasteiger partial charge is 0.480 e. The van der Waals surface area contributed by atoms with Crippen molar-refractivity contribution in [3.05, 3.63) is 0 Å². The molecule has 2 atom stereocenters. The summed E-state index contributed by atoms with van der Waals surface area (Å²) in [6.45, 7) is 5.98. The Morgan fingerprint density at radius 2 is 2.00 bits per heavy atom. The predicted molar refractivity (Wildman–Crippen MR) is 70.9 cm³/mol. The fourth-order valence-corrected chi connectivity index (χ4v) is 2.07. The van der Waals surface area contributed by atoms with Gasteiger partial charge in [-0.2, -0.15) is 0 Å². The van der Waals surface area contributed by atoms with E-state index in [1.165, 1.54) is 6.92 Å². The average molecular weight is 272 g/mol. The highest BCUT2D eigenvalue weighted by atomic mass is 16.4. The molecule has 1 rings (SSSR count). The number of urea groups is 1. The molecule has 19 heavy (non-hydrogen) atoms. The number of likely N-dealkylation sites (tertiary alicyclic amines) is 1. The number of carboxylic acids is 1. The van der Waals surface area contributed by atoms with Gasteiger partial charge in [-0.1, -0.05) is 6.92 Å². The second-order valence-corrected chi connectivity index (χ2v) is 5.76. The smallest absolute Gasteiger partial charge is 0.329 e. The number of carbonyl (C=O) groups is 2. The van der Waals surface area contributed by atoms with Gasteiger partial charge in [0, 0.05) is 13.1 Å². The molecule has 2 unspecified atom stereocenters. The van der Waals surface area contributed by atoms with Crippen LogP contribution in [0, 0.1) is 0 Å². The molecule has 3 N–H and O–H groups in total. The third-order valence-electron chi connectivity index (χ3n) is 3.91. The number of nitrogens with one attached hydrogen (secondary N) is 1. The predicted octanol–water partition coefficient (Wildman–Crippen LogP) is 1.19. The normalized spacial score (nSPS) is 27.3. The first kappa shape index (κ1) is 15.8. The molecule has 6 heteroatoms. The van der Waals surface area contributed by atoms with E-state index in [9.17, 15) is 14.7 Å². The molecule has 1 saturated heterocycles. The SMILES string of the molecule is CCC(C)(NC(=O)N1CCCC(C)(O)CC1)C(=O)O. The molecule has 110 valence electrons. The van der Waals surface area contributed by atoms with Crippen molar-refractivity contribution in [3.63, 3.8) is 0 Å². The molecule has 6 nitrogen and oxygen atoms in total. The van der Waals surface area contributed by atoms with Crippen molar-refractivity contribution in [2.75, 3.05) is 13.1 Å². The van der Waals surface area contributed by atoms with Crippen molar-refractivity contribution in [3.8, 4) is 0 Å². The van der Waals surface area contributed by atoms with Gasteiger partial charge in [0.15, 0.2) is 0 Å².